The van der Waals surface area contributed by atoms with Gasteiger partial charge in [-0.05, 0) is 91.9 Å². The molecule has 1 N–H and O–H groups in total. The van der Waals surface area contributed by atoms with Crippen LogP contribution in [0.25, 0.3) is 0 Å². The average molecular weight is 598 g/mol. The monoisotopic (exact) mass is 596 g/mol. The van der Waals surface area contributed by atoms with Crippen molar-refractivity contribution < 1.29 is 13.2 Å². The molecule has 0 saturated carbocycles. The molecule has 0 aromatic heterocycles. The van der Waals surface area contributed by atoms with Crippen molar-refractivity contribution in [2.75, 3.05) is 6.54 Å². The van der Waals surface area contributed by atoms with Gasteiger partial charge in [0.25, 0.3) is 0 Å². The molecule has 3 aromatic carbocycles. The van der Waals surface area contributed by atoms with Crippen LogP contribution in [0.15, 0.2) is 64.0 Å². The number of nitrogens with one attached hydrogen (secondary N) is 1. The number of carbonyl (C=O) groups is 1. The highest BCUT2D eigenvalue weighted by Crippen LogP contribution is 2.26. The van der Waals surface area contributed by atoms with E-state index in [1.165, 1.54) is 17.7 Å². The maximum absolute atomic E-state index is 13.5. The molecule has 0 radical (unpaired) electrons. The predicted molar refractivity (Wildman–Crippen MR) is 145 cm³/mol. The minimum atomic E-state index is -4.00. The van der Waals surface area contributed by atoms with Crippen LogP contribution in [0.4, 0.5) is 0 Å². The van der Waals surface area contributed by atoms with Crippen LogP contribution in [0.1, 0.15) is 40.8 Å². The summed E-state index contributed by atoms with van der Waals surface area (Å²) >= 11 is 15.6. The number of benzene rings is 3. The van der Waals surface area contributed by atoms with Gasteiger partial charge >= 0.3 is 0 Å². The summed E-state index contributed by atoms with van der Waals surface area (Å²) in [5.74, 6) is -0.416. The minimum Gasteiger partial charge on any atom is -0.348 e. The van der Waals surface area contributed by atoms with Gasteiger partial charge in [0.15, 0.2) is 0 Å². The maximum Gasteiger partial charge on any atom is 0.243 e. The van der Waals surface area contributed by atoms with E-state index >= 15 is 0 Å². The lowest BCUT2D eigenvalue weighted by Crippen LogP contribution is -2.41. The van der Waals surface area contributed by atoms with Crippen molar-refractivity contribution in [3.63, 3.8) is 0 Å². The zero-order valence-corrected chi connectivity index (χ0v) is 23.8. The molecule has 0 saturated heterocycles. The van der Waals surface area contributed by atoms with Crippen LogP contribution in [-0.4, -0.2) is 25.2 Å². The molecule has 5 nitrogen and oxygen atoms in total. The summed E-state index contributed by atoms with van der Waals surface area (Å²) < 4.78 is 28.9. The second-order valence-electron chi connectivity index (χ2n) is 8.55. The molecule has 3 aromatic rings. The molecule has 0 heterocycles. The van der Waals surface area contributed by atoms with E-state index in [9.17, 15) is 13.2 Å². The van der Waals surface area contributed by atoms with Gasteiger partial charge in [-0.15, -0.1) is 0 Å². The third-order valence-corrected chi connectivity index (χ3v) is 8.78. The lowest BCUT2D eigenvalue weighted by atomic mass is 9.96. The number of amides is 1. The first-order valence-electron chi connectivity index (χ1n) is 10.9. The van der Waals surface area contributed by atoms with Crippen LogP contribution in [0.5, 0.6) is 0 Å². The predicted octanol–water partition coefficient (Wildman–Crippen LogP) is 6.75. The van der Waals surface area contributed by atoms with E-state index in [-0.39, 0.29) is 24.0 Å². The van der Waals surface area contributed by atoms with E-state index in [1.807, 2.05) is 27.7 Å². The number of hydrogen-bond donors (Lipinski definition) is 1. The Morgan fingerprint density at radius 2 is 1.60 bits per heavy atom. The van der Waals surface area contributed by atoms with Crippen molar-refractivity contribution >= 4 is 55.1 Å². The standard InChI is InChI=1S/C26H27BrCl2N2O3S/c1-16-11-18(3)24(12-17(16)2)19(4)30-26(32)15-31(14-20-5-8-22(28)13-25(20)29)35(33,34)23-9-6-21(27)7-10-23/h5-13,19H,14-15H2,1-4H3,(H,30,32)/t19-/m1/s1. The van der Waals surface area contributed by atoms with Crippen molar-refractivity contribution in [1.29, 1.82) is 0 Å². The zero-order valence-electron chi connectivity index (χ0n) is 19.9. The number of sulfonamides is 1. The highest BCUT2D eigenvalue weighted by molar-refractivity contribution is 9.10. The van der Waals surface area contributed by atoms with Gasteiger partial charge in [0, 0.05) is 21.1 Å². The molecule has 0 unspecified atom stereocenters. The fourth-order valence-electron chi connectivity index (χ4n) is 3.80. The maximum atomic E-state index is 13.5. The van der Waals surface area contributed by atoms with Gasteiger partial charge in [-0.25, -0.2) is 8.42 Å². The molecule has 9 heteroatoms. The number of hydrogen-bond acceptors (Lipinski definition) is 3. The number of halogens is 3. The van der Waals surface area contributed by atoms with Crippen LogP contribution >= 0.6 is 39.1 Å². The topological polar surface area (TPSA) is 66.5 Å². The molecule has 0 spiro atoms. The van der Waals surface area contributed by atoms with Crippen molar-refractivity contribution in [2.45, 2.75) is 45.2 Å². The van der Waals surface area contributed by atoms with E-state index in [0.717, 1.165) is 25.5 Å². The van der Waals surface area contributed by atoms with Gasteiger partial charge < -0.3 is 5.32 Å². The van der Waals surface area contributed by atoms with Gasteiger partial charge in [-0.3, -0.25) is 4.79 Å². The Morgan fingerprint density at radius 1 is 0.971 bits per heavy atom. The number of aryl methyl sites for hydroxylation is 3. The molecule has 0 aliphatic heterocycles. The average Bonchev–Trinajstić information content (AvgIpc) is 2.77. The second kappa shape index (κ2) is 11.4. The van der Waals surface area contributed by atoms with Crippen LogP contribution < -0.4 is 5.32 Å². The van der Waals surface area contributed by atoms with E-state index < -0.39 is 15.9 Å². The summed E-state index contributed by atoms with van der Waals surface area (Å²) in [7, 11) is -4.00. The molecule has 0 aliphatic rings. The minimum absolute atomic E-state index is 0.0802. The Bertz CT molecular complexity index is 1350. The van der Waals surface area contributed by atoms with E-state index in [2.05, 4.69) is 33.4 Å². The third kappa shape index (κ3) is 6.86. The molecule has 35 heavy (non-hydrogen) atoms. The molecule has 1 atom stereocenters. The van der Waals surface area contributed by atoms with E-state index in [1.54, 1.807) is 30.3 Å². The highest BCUT2D eigenvalue weighted by atomic mass is 79.9. The first kappa shape index (κ1) is 27.7. The Kier molecular flexibility index (Phi) is 9.05. The molecule has 0 fully saturated rings. The van der Waals surface area contributed by atoms with Crippen molar-refractivity contribution in [1.82, 2.24) is 9.62 Å². The molecular weight excluding hydrogens is 571 g/mol. The quantitative estimate of drug-likeness (QED) is 0.312. The van der Waals surface area contributed by atoms with Crippen molar-refractivity contribution in [3.8, 4) is 0 Å². The first-order valence-corrected chi connectivity index (χ1v) is 13.9. The normalized spacial score (nSPS) is 12.6. The third-order valence-electron chi connectivity index (χ3n) is 5.86. The van der Waals surface area contributed by atoms with Gasteiger partial charge in [0.1, 0.15) is 0 Å². The molecule has 0 aliphatic carbocycles. The Labute approximate surface area is 225 Å². The lowest BCUT2D eigenvalue weighted by Gasteiger charge is -2.24. The van der Waals surface area contributed by atoms with Crippen LogP contribution in [0.3, 0.4) is 0 Å². The molecular formula is C26H27BrCl2N2O3S. The van der Waals surface area contributed by atoms with Crippen LogP contribution in [-0.2, 0) is 21.4 Å². The molecule has 0 bridgehead atoms. The smallest absolute Gasteiger partial charge is 0.243 e. The SMILES string of the molecule is Cc1cc(C)c([C@@H](C)NC(=O)CN(Cc2ccc(Cl)cc2Cl)S(=O)(=O)c2ccc(Br)cc2)cc1C. The fraction of sp³-hybridized carbons (Fsp3) is 0.269. The van der Waals surface area contributed by atoms with Crippen LogP contribution in [0.2, 0.25) is 10.0 Å². The van der Waals surface area contributed by atoms with Crippen LogP contribution in [0, 0.1) is 20.8 Å². The Balaban J connectivity index is 1.89. The second-order valence-corrected chi connectivity index (χ2v) is 12.2. The number of nitrogens with zero attached hydrogens (tertiary/aromatic N) is 1. The van der Waals surface area contributed by atoms with Gasteiger partial charge in [0.05, 0.1) is 17.5 Å². The van der Waals surface area contributed by atoms with E-state index in [4.69, 9.17) is 23.2 Å². The molecule has 1 amide bonds. The lowest BCUT2D eigenvalue weighted by molar-refractivity contribution is -0.122. The summed E-state index contributed by atoms with van der Waals surface area (Å²) in [4.78, 5) is 13.2. The summed E-state index contributed by atoms with van der Waals surface area (Å²) in [6.07, 6.45) is 0. The van der Waals surface area contributed by atoms with E-state index in [0.29, 0.717) is 15.6 Å². The molecule has 186 valence electrons. The van der Waals surface area contributed by atoms with Gasteiger partial charge in [0.2, 0.25) is 15.9 Å². The largest absolute Gasteiger partial charge is 0.348 e. The summed E-state index contributed by atoms with van der Waals surface area (Å²) in [6.45, 7) is 7.50. The van der Waals surface area contributed by atoms with Crippen molar-refractivity contribution in [3.05, 3.63) is 96.9 Å². The van der Waals surface area contributed by atoms with Gasteiger partial charge in [-0.1, -0.05) is 57.3 Å². The highest BCUT2D eigenvalue weighted by Gasteiger charge is 2.28. The Hall–Kier alpha value is -1.90. The summed E-state index contributed by atoms with van der Waals surface area (Å²) in [5.41, 5.74) is 4.90. The fourth-order valence-corrected chi connectivity index (χ4v) is 5.90. The summed E-state index contributed by atoms with van der Waals surface area (Å²) in [6, 6.07) is 15.0. The Morgan fingerprint density at radius 3 is 2.23 bits per heavy atom. The van der Waals surface area contributed by atoms with Crippen molar-refractivity contribution in [2.24, 2.45) is 0 Å². The number of carbonyl (C=O) groups excluding carboxylic acids is 1. The number of rotatable bonds is 8. The summed E-state index contributed by atoms with van der Waals surface area (Å²) in [5, 5.41) is 3.72. The molecule has 3 rings (SSSR count). The first-order chi connectivity index (χ1) is 16.4. The van der Waals surface area contributed by atoms with Gasteiger partial charge in [-0.2, -0.15) is 4.31 Å². The zero-order chi connectivity index (χ0) is 25.9.